The van der Waals surface area contributed by atoms with E-state index in [2.05, 4.69) is 15.0 Å². The van der Waals surface area contributed by atoms with Crippen LogP contribution in [0.1, 0.15) is 0 Å². The molecule has 2 aromatic heterocycles. The summed E-state index contributed by atoms with van der Waals surface area (Å²) in [5, 5.41) is 0.514. The summed E-state index contributed by atoms with van der Waals surface area (Å²) in [4.78, 5) is 22.9. The zero-order valence-corrected chi connectivity index (χ0v) is 18.0. The van der Waals surface area contributed by atoms with Gasteiger partial charge in [0.25, 0.3) is 0 Å². The van der Waals surface area contributed by atoms with Crippen LogP contribution in [-0.2, 0) is 15.8 Å². The topological polar surface area (TPSA) is 125 Å². The number of ether oxygens (including phenoxy) is 2. The number of fused-ring (bicyclic) bond motifs is 1. The zero-order valence-electron chi connectivity index (χ0n) is 16.2. The summed E-state index contributed by atoms with van der Waals surface area (Å²) in [6.45, 7) is 0.0262. The van der Waals surface area contributed by atoms with Crippen LogP contribution in [0, 0.1) is 0 Å². The van der Waals surface area contributed by atoms with Gasteiger partial charge in [-0.3, -0.25) is 4.57 Å². The van der Waals surface area contributed by atoms with Crippen LogP contribution in [0.2, 0.25) is 0 Å². The molecule has 0 fully saturated rings. The summed E-state index contributed by atoms with van der Waals surface area (Å²) in [6.07, 6.45) is -5.96. The minimum absolute atomic E-state index is 0.0191. The molecule has 3 N–H and O–H groups in total. The molecule has 31 heavy (non-hydrogen) atoms. The molecule has 168 valence electrons. The molecule has 3 rings (SSSR count). The first-order chi connectivity index (χ1) is 14.6. The molecule has 0 amide bonds. The van der Waals surface area contributed by atoms with Crippen molar-refractivity contribution in [2.45, 2.75) is 22.6 Å². The van der Waals surface area contributed by atoms with Gasteiger partial charge in [0.1, 0.15) is 28.8 Å². The van der Waals surface area contributed by atoms with Crippen molar-refractivity contribution in [3.63, 3.8) is 0 Å². The number of aromatic nitrogens is 4. The molecule has 0 spiro atoms. The van der Waals surface area contributed by atoms with Crippen LogP contribution in [-0.4, -0.2) is 56.8 Å². The van der Waals surface area contributed by atoms with Crippen molar-refractivity contribution in [3.8, 4) is 5.75 Å². The molecular weight excluding hydrogens is 458 g/mol. The first kappa shape index (κ1) is 23.3. The third kappa shape index (κ3) is 6.57. The van der Waals surface area contributed by atoms with Gasteiger partial charge in [-0.05, 0) is 18.2 Å². The van der Waals surface area contributed by atoms with Crippen molar-refractivity contribution in [2.75, 3.05) is 32.0 Å². The average Bonchev–Trinajstić information content (AvgIpc) is 3.06. The van der Waals surface area contributed by atoms with Gasteiger partial charge in [0.05, 0.1) is 20.0 Å². The number of imidazole rings is 1. The van der Waals surface area contributed by atoms with Crippen LogP contribution in [0.4, 0.5) is 19.1 Å². The van der Waals surface area contributed by atoms with Gasteiger partial charge >= 0.3 is 6.18 Å². The quantitative estimate of drug-likeness (QED) is 0.271. The van der Waals surface area contributed by atoms with Gasteiger partial charge in [-0.2, -0.15) is 18.2 Å². The first-order valence-corrected chi connectivity index (χ1v) is 11.7. The second-order valence-electron chi connectivity index (χ2n) is 6.44. The standard InChI is InChI=1S/C17H19F3N5O4PS/c1-28-11-3-2-4-12(7-11)31-15-13-14(23-16(21)24-15)25(9-22-13)5-6-29-10-30(26,27)8-17(18,19)20/h2-4,7,9H,5-6,8,10H2,1H3,(H,26,27)(H2,21,23,24). The van der Waals surface area contributed by atoms with Crippen LogP contribution in [0.3, 0.4) is 0 Å². The van der Waals surface area contributed by atoms with E-state index >= 15 is 0 Å². The molecule has 0 aliphatic rings. The van der Waals surface area contributed by atoms with E-state index in [1.807, 2.05) is 24.3 Å². The molecule has 0 bridgehead atoms. The minimum atomic E-state index is -4.74. The number of benzene rings is 1. The Morgan fingerprint density at radius 1 is 1.32 bits per heavy atom. The highest BCUT2D eigenvalue weighted by Gasteiger charge is 2.38. The smallest absolute Gasteiger partial charge is 0.398 e. The van der Waals surface area contributed by atoms with E-state index in [9.17, 15) is 22.6 Å². The lowest BCUT2D eigenvalue weighted by molar-refractivity contribution is -0.108. The van der Waals surface area contributed by atoms with Crippen LogP contribution < -0.4 is 10.5 Å². The fourth-order valence-corrected chi connectivity index (χ4v) is 4.63. The highest BCUT2D eigenvalue weighted by Crippen LogP contribution is 2.45. The molecule has 0 saturated carbocycles. The Hall–Kier alpha value is -2.34. The van der Waals surface area contributed by atoms with Gasteiger partial charge in [-0.25, -0.2) is 9.97 Å². The Morgan fingerprint density at radius 2 is 2.10 bits per heavy atom. The Labute approximate surface area is 179 Å². The van der Waals surface area contributed by atoms with Gasteiger partial charge in [0.2, 0.25) is 13.3 Å². The number of anilines is 1. The van der Waals surface area contributed by atoms with Crippen molar-refractivity contribution in [1.29, 1.82) is 0 Å². The number of alkyl halides is 3. The summed E-state index contributed by atoms with van der Waals surface area (Å²) in [5.41, 5.74) is 6.71. The third-order valence-electron chi connectivity index (χ3n) is 3.90. The molecule has 1 unspecified atom stereocenters. The predicted octanol–water partition coefficient (Wildman–Crippen LogP) is 3.38. The lowest BCUT2D eigenvalue weighted by Crippen LogP contribution is -2.17. The van der Waals surface area contributed by atoms with Gasteiger partial charge in [-0.15, -0.1) is 0 Å². The molecule has 2 heterocycles. The number of hydrogen-bond acceptors (Lipinski definition) is 8. The summed E-state index contributed by atoms with van der Waals surface area (Å²) < 4.78 is 60.2. The average molecular weight is 477 g/mol. The fourth-order valence-electron chi connectivity index (χ4n) is 2.64. The predicted molar refractivity (Wildman–Crippen MR) is 108 cm³/mol. The van der Waals surface area contributed by atoms with Crippen LogP contribution in [0.25, 0.3) is 11.2 Å². The van der Waals surface area contributed by atoms with Crippen LogP contribution in [0.15, 0.2) is 40.5 Å². The highest BCUT2D eigenvalue weighted by molar-refractivity contribution is 7.99. The molecule has 14 heteroatoms. The fraction of sp³-hybridized carbons (Fsp3) is 0.353. The number of hydrogen-bond donors (Lipinski definition) is 2. The number of halogens is 3. The minimum Gasteiger partial charge on any atom is -0.497 e. The molecule has 9 nitrogen and oxygen atoms in total. The Balaban J connectivity index is 1.70. The molecule has 3 aromatic rings. The van der Waals surface area contributed by atoms with Gasteiger partial charge in [0, 0.05) is 11.4 Å². The van der Waals surface area contributed by atoms with Crippen molar-refractivity contribution in [1.82, 2.24) is 19.5 Å². The maximum Gasteiger partial charge on any atom is 0.398 e. The highest BCUT2D eigenvalue weighted by atomic mass is 32.2. The first-order valence-electron chi connectivity index (χ1n) is 8.82. The number of nitrogens with zero attached hydrogens (tertiary/aromatic N) is 4. The largest absolute Gasteiger partial charge is 0.497 e. The van der Waals surface area contributed by atoms with E-state index in [1.165, 1.54) is 18.1 Å². The van der Waals surface area contributed by atoms with E-state index in [-0.39, 0.29) is 19.1 Å². The lowest BCUT2D eigenvalue weighted by Gasteiger charge is -2.14. The molecule has 1 aromatic carbocycles. The van der Waals surface area contributed by atoms with E-state index in [0.29, 0.717) is 21.9 Å². The van der Waals surface area contributed by atoms with Gasteiger partial charge < -0.3 is 24.7 Å². The van der Waals surface area contributed by atoms with E-state index in [4.69, 9.17) is 15.2 Å². The summed E-state index contributed by atoms with van der Waals surface area (Å²) >= 11 is 1.32. The molecule has 0 aliphatic carbocycles. The number of nitrogen functional groups attached to an aromatic ring is 1. The van der Waals surface area contributed by atoms with Gasteiger partial charge in [0.15, 0.2) is 5.65 Å². The Morgan fingerprint density at radius 3 is 2.81 bits per heavy atom. The number of nitrogens with two attached hydrogens (primary N) is 1. The normalized spacial score (nSPS) is 14.0. The van der Waals surface area contributed by atoms with E-state index in [0.717, 1.165) is 4.90 Å². The van der Waals surface area contributed by atoms with E-state index < -0.39 is 26.1 Å². The molecule has 0 saturated heterocycles. The number of rotatable bonds is 9. The Bertz CT molecular complexity index is 1110. The van der Waals surface area contributed by atoms with Gasteiger partial charge in [-0.1, -0.05) is 17.8 Å². The second-order valence-corrected chi connectivity index (χ2v) is 9.76. The zero-order chi connectivity index (χ0) is 22.6. The van der Waals surface area contributed by atoms with Crippen LogP contribution >= 0.6 is 19.1 Å². The monoisotopic (exact) mass is 477 g/mol. The molecular formula is C17H19F3N5O4PS. The van der Waals surface area contributed by atoms with Crippen molar-refractivity contribution >= 4 is 36.2 Å². The van der Waals surface area contributed by atoms with Crippen molar-refractivity contribution < 1.29 is 32.1 Å². The van der Waals surface area contributed by atoms with Crippen molar-refractivity contribution in [3.05, 3.63) is 30.6 Å². The molecule has 0 radical (unpaired) electrons. The second kappa shape index (κ2) is 9.43. The van der Waals surface area contributed by atoms with E-state index in [1.54, 1.807) is 11.7 Å². The van der Waals surface area contributed by atoms with Crippen molar-refractivity contribution in [2.24, 2.45) is 0 Å². The van der Waals surface area contributed by atoms with Crippen LogP contribution in [0.5, 0.6) is 5.75 Å². The third-order valence-corrected chi connectivity index (χ3v) is 6.31. The summed E-state index contributed by atoms with van der Waals surface area (Å²) in [7, 11) is -2.90. The maximum absolute atomic E-state index is 12.3. The Kier molecular flexibility index (Phi) is 7.10. The maximum atomic E-state index is 12.3. The number of methoxy groups -OCH3 is 1. The SMILES string of the molecule is COc1cccc(Sc2nc(N)nc3c2ncn3CCOCP(=O)(O)CC(F)(F)F)c1. The lowest BCUT2D eigenvalue weighted by atomic mass is 10.3. The molecule has 0 aliphatic heterocycles. The summed E-state index contributed by atoms with van der Waals surface area (Å²) in [5.74, 6) is 0.697. The molecule has 1 atom stereocenters. The summed E-state index contributed by atoms with van der Waals surface area (Å²) in [6, 6.07) is 7.34.